The third-order valence-corrected chi connectivity index (χ3v) is 2.30. The minimum atomic E-state index is -4.52. The molecule has 0 radical (unpaired) electrons. The fourth-order valence-corrected chi connectivity index (χ4v) is 1.53. The van der Waals surface area contributed by atoms with Crippen molar-refractivity contribution in [3.8, 4) is 0 Å². The van der Waals surface area contributed by atoms with Crippen molar-refractivity contribution in [2.45, 2.75) is 38.3 Å². The molecule has 6 heteroatoms. The Bertz CT molecular complexity index is 181. The molecule has 1 N–H and O–H groups in total. The maximum atomic E-state index is 11.6. The van der Waals surface area contributed by atoms with Crippen molar-refractivity contribution in [2.75, 3.05) is 19.8 Å². The van der Waals surface area contributed by atoms with E-state index in [1.54, 1.807) is 0 Å². The van der Waals surface area contributed by atoms with Crippen LogP contribution in [0.1, 0.15) is 19.8 Å². The van der Waals surface area contributed by atoms with Crippen LogP contribution in [-0.2, 0) is 9.47 Å². The van der Waals surface area contributed by atoms with E-state index in [-0.39, 0.29) is 25.3 Å². The quantitative estimate of drug-likeness (QED) is 0.700. The molecule has 15 heavy (non-hydrogen) atoms. The van der Waals surface area contributed by atoms with Crippen molar-refractivity contribution < 1.29 is 22.6 Å². The van der Waals surface area contributed by atoms with Crippen LogP contribution in [-0.4, -0.2) is 38.3 Å². The van der Waals surface area contributed by atoms with Gasteiger partial charge in [-0.2, -0.15) is 0 Å². The van der Waals surface area contributed by atoms with Crippen molar-refractivity contribution in [3.63, 3.8) is 0 Å². The third kappa shape index (κ3) is 5.34. The lowest BCUT2D eigenvalue weighted by molar-refractivity contribution is -0.323. The zero-order valence-corrected chi connectivity index (χ0v) is 8.64. The van der Waals surface area contributed by atoms with Gasteiger partial charge in [-0.1, -0.05) is 0 Å². The predicted molar refractivity (Wildman–Crippen MR) is 48.4 cm³/mol. The maximum absolute atomic E-state index is 11.6. The average molecular weight is 227 g/mol. The molecule has 3 nitrogen and oxygen atoms in total. The summed E-state index contributed by atoms with van der Waals surface area (Å²) in [7, 11) is 0. The van der Waals surface area contributed by atoms with Crippen molar-refractivity contribution in [3.05, 3.63) is 0 Å². The average Bonchev–Trinajstić information content (AvgIpc) is 2.05. The Balaban J connectivity index is 1.91. The molecule has 0 heterocycles. The number of ether oxygens (including phenoxy) is 2. The molecule has 0 saturated heterocycles. The lowest BCUT2D eigenvalue weighted by Crippen LogP contribution is -2.46. The molecule has 0 amide bonds. The standard InChI is InChI=1S/C9H16F3NO2/c1-2-14-8-5-7(6-8)13-3-4-15-9(10,11)12/h7-8,13H,2-6H2,1H3. The van der Waals surface area contributed by atoms with E-state index in [1.807, 2.05) is 6.92 Å². The van der Waals surface area contributed by atoms with Gasteiger partial charge in [0.05, 0.1) is 12.7 Å². The minimum absolute atomic E-state index is 0.225. The Labute approximate surface area is 86.9 Å². The van der Waals surface area contributed by atoms with E-state index in [0.717, 1.165) is 12.8 Å². The number of alkyl halides is 3. The Morgan fingerprint density at radius 1 is 1.33 bits per heavy atom. The molecule has 1 saturated carbocycles. The Hall–Kier alpha value is -0.330. The Kier molecular flexibility index (Phi) is 4.82. The summed E-state index contributed by atoms with van der Waals surface area (Å²) in [5, 5.41) is 2.98. The van der Waals surface area contributed by atoms with Gasteiger partial charge in [-0.25, -0.2) is 0 Å². The maximum Gasteiger partial charge on any atom is 0.522 e. The fraction of sp³-hybridized carbons (Fsp3) is 1.00. The van der Waals surface area contributed by atoms with Gasteiger partial charge >= 0.3 is 6.36 Å². The molecule has 0 aromatic carbocycles. The van der Waals surface area contributed by atoms with Crippen LogP contribution in [0, 0.1) is 0 Å². The summed E-state index contributed by atoms with van der Waals surface area (Å²) in [4.78, 5) is 0. The van der Waals surface area contributed by atoms with E-state index in [0.29, 0.717) is 6.61 Å². The van der Waals surface area contributed by atoms with E-state index in [1.165, 1.54) is 0 Å². The van der Waals surface area contributed by atoms with E-state index < -0.39 is 6.36 Å². The summed E-state index contributed by atoms with van der Waals surface area (Å²) < 4.78 is 43.7. The number of hydrogen-bond donors (Lipinski definition) is 1. The van der Waals surface area contributed by atoms with Crippen molar-refractivity contribution in [1.29, 1.82) is 0 Å². The molecule has 1 aliphatic carbocycles. The monoisotopic (exact) mass is 227 g/mol. The van der Waals surface area contributed by atoms with E-state index in [4.69, 9.17) is 4.74 Å². The SMILES string of the molecule is CCOC1CC(NCCOC(F)(F)F)C1. The molecular formula is C9H16F3NO2. The lowest BCUT2D eigenvalue weighted by Gasteiger charge is -2.35. The highest BCUT2D eigenvalue weighted by Crippen LogP contribution is 2.23. The zero-order chi connectivity index (χ0) is 11.3. The van der Waals surface area contributed by atoms with Crippen LogP contribution >= 0.6 is 0 Å². The van der Waals surface area contributed by atoms with E-state index >= 15 is 0 Å². The number of halogens is 3. The molecule has 0 aliphatic heterocycles. The molecule has 0 atom stereocenters. The van der Waals surface area contributed by atoms with Gasteiger partial charge in [0.2, 0.25) is 0 Å². The summed E-state index contributed by atoms with van der Waals surface area (Å²) >= 11 is 0. The Morgan fingerprint density at radius 2 is 2.00 bits per heavy atom. The first-order chi connectivity index (χ1) is 7.01. The first-order valence-corrected chi connectivity index (χ1v) is 5.07. The van der Waals surface area contributed by atoms with Crippen LogP contribution in [0.15, 0.2) is 0 Å². The van der Waals surface area contributed by atoms with Gasteiger partial charge in [-0.05, 0) is 19.8 Å². The highest BCUT2D eigenvalue weighted by atomic mass is 19.4. The molecule has 0 spiro atoms. The minimum Gasteiger partial charge on any atom is -0.378 e. The molecule has 0 aromatic rings. The van der Waals surface area contributed by atoms with Crippen LogP contribution in [0.5, 0.6) is 0 Å². The van der Waals surface area contributed by atoms with Gasteiger partial charge in [-0.15, -0.1) is 13.2 Å². The van der Waals surface area contributed by atoms with Gasteiger partial charge < -0.3 is 10.1 Å². The van der Waals surface area contributed by atoms with Gasteiger partial charge in [-0.3, -0.25) is 4.74 Å². The molecule has 0 bridgehead atoms. The molecule has 1 rings (SSSR count). The van der Waals surface area contributed by atoms with Crippen molar-refractivity contribution in [1.82, 2.24) is 5.32 Å². The van der Waals surface area contributed by atoms with Crippen LogP contribution < -0.4 is 5.32 Å². The number of nitrogens with one attached hydrogen (secondary N) is 1. The summed E-state index contributed by atoms with van der Waals surface area (Å²) in [6.45, 7) is 2.51. The highest BCUT2D eigenvalue weighted by Gasteiger charge is 2.30. The molecule has 0 aromatic heterocycles. The topological polar surface area (TPSA) is 30.5 Å². The molecule has 0 unspecified atom stereocenters. The zero-order valence-electron chi connectivity index (χ0n) is 8.64. The smallest absolute Gasteiger partial charge is 0.378 e. The first kappa shape index (κ1) is 12.7. The van der Waals surface area contributed by atoms with Crippen LogP contribution in [0.2, 0.25) is 0 Å². The second-order valence-corrected chi connectivity index (χ2v) is 3.49. The normalized spacial score (nSPS) is 26.4. The van der Waals surface area contributed by atoms with Crippen LogP contribution in [0.4, 0.5) is 13.2 Å². The summed E-state index contributed by atoms with van der Waals surface area (Å²) in [5.41, 5.74) is 0. The summed E-state index contributed by atoms with van der Waals surface area (Å²) in [5.74, 6) is 0. The lowest BCUT2D eigenvalue weighted by atomic mass is 9.89. The fourth-order valence-electron chi connectivity index (χ4n) is 1.53. The van der Waals surface area contributed by atoms with Crippen molar-refractivity contribution in [2.24, 2.45) is 0 Å². The van der Waals surface area contributed by atoms with Gasteiger partial charge in [0.1, 0.15) is 0 Å². The third-order valence-electron chi connectivity index (χ3n) is 2.30. The summed E-state index contributed by atoms with van der Waals surface area (Å²) in [6, 6.07) is 0.276. The van der Waals surface area contributed by atoms with Gasteiger partial charge in [0.15, 0.2) is 0 Å². The molecule has 1 fully saturated rings. The Morgan fingerprint density at radius 3 is 2.53 bits per heavy atom. The number of hydrogen-bond acceptors (Lipinski definition) is 3. The molecular weight excluding hydrogens is 211 g/mol. The molecule has 90 valence electrons. The van der Waals surface area contributed by atoms with Crippen LogP contribution in [0.25, 0.3) is 0 Å². The van der Waals surface area contributed by atoms with Gasteiger partial charge in [0.25, 0.3) is 0 Å². The van der Waals surface area contributed by atoms with Crippen LogP contribution in [0.3, 0.4) is 0 Å². The largest absolute Gasteiger partial charge is 0.522 e. The number of rotatable bonds is 6. The van der Waals surface area contributed by atoms with E-state index in [9.17, 15) is 13.2 Å². The summed E-state index contributed by atoms with van der Waals surface area (Å²) in [6.07, 6.45) is -2.49. The second-order valence-electron chi connectivity index (χ2n) is 3.49. The van der Waals surface area contributed by atoms with E-state index in [2.05, 4.69) is 10.1 Å². The van der Waals surface area contributed by atoms with Gasteiger partial charge in [0, 0.05) is 19.2 Å². The molecule has 1 aliphatic rings. The predicted octanol–water partition coefficient (Wildman–Crippen LogP) is 1.68. The first-order valence-electron chi connectivity index (χ1n) is 5.07. The van der Waals surface area contributed by atoms with Crippen molar-refractivity contribution >= 4 is 0 Å². The highest BCUT2D eigenvalue weighted by molar-refractivity contribution is 4.85. The second kappa shape index (κ2) is 5.67.